The normalized spacial score (nSPS) is 27.4. The third-order valence-corrected chi connectivity index (χ3v) is 3.89. The van der Waals surface area contributed by atoms with Gasteiger partial charge in [0.25, 0.3) is 0 Å². The first kappa shape index (κ1) is 15.4. The fourth-order valence-corrected chi connectivity index (χ4v) is 2.95. The third-order valence-electron chi connectivity index (χ3n) is 3.89. The largest absolute Gasteiger partial charge is 0.394 e. The third kappa shape index (κ3) is 3.38. The van der Waals surface area contributed by atoms with Crippen LogP contribution in [0.1, 0.15) is 31.9 Å². The smallest absolute Gasteiger partial charge is 0.0936 e. The molecule has 0 amide bonds. The quantitative estimate of drug-likeness (QED) is 0.811. The number of hydrogen-bond donors (Lipinski definition) is 2. The van der Waals surface area contributed by atoms with Crippen molar-refractivity contribution in [1.29, 1.82) is 0 Å². The van der Waals surface area contributed by atoms with E-state index in [9.17, 15) is 5.11 Å². The number of aryl methyl sites for hydroxylation is 1. The summed E-state index contributed by atoms with van der Waals surface area (Å²) in [6.45, 7) is 5.70. The van der Waals surface area contributed by atoms with E-state index in [0.717, 1.165) is 18.5 Å². The molecule has 0 spiro atoms. The molecule has 1 aromatic heterocycles. The maximum atomic E-state index is 9.38. The van der Waals surface area contributed by atoms with E-state index in [2.05, 4.69) is 16.9 Å². The van der Waals surface area contributed by atoms with Crippen LogP contribution in [0.2, 0.25) is 0 Å². The molecule has 0 radical (unpaired) electrons. The summed E-state index contributed by atoms with van der Waals surface area (Å²) in [6, 6.07) is 0.165. The lowest BCUT2D eigenvalue weighted by Crippen LogP contribution is -2.52. The van der Waals surface area contributed by atoms with Crippen LogP contribution >= 0.6 is 0 Å². The molecule has 114 valence electrons. The number of rotatable bonds is 5. The summed E-state index contributed by atoms with van der Waals surface area (Å²) in [4.78, 5) is 2.32. The predicted molar refractivity (Wildman–Crippen MR) is 77.2 cm³/mol. The molecule has 1 fully saturated rings. The Kier molecular flexibility index (Phi) is 5.15. The van der Waals surface area contributed by atoms with Crippen LogP contribution in [0.25, 0.3) is 0 Å². The minimum atomic E-state index is -0.137. The lowest BCUT2D eigenvalue weighted by Gasteiger charge is -2.42. The van der Waals surface area contributed by atoms with Crippen molar-refractivity contribution in [2.75, 3.05) is 19.7 Å². The van der Waals surface area contributed by atoms with E-state index in [0.29, 0.717) is 6.54 Å². The van der Waals surface area contributed by atoms with Gasteiger partial charge in [0.1, 0.15) is 0 Å². The summed E-state index contributed by atoms with van der Waals surface area (Å²) in [6.07, 6.45) is 4.77. The van der Waals surface area contributed by atoms with Gasteiger partial charge in [-0.2, -0.15) is 5.10 Å². The molecule has 1 aromatic rings. The zero-order valence-electron chi connectivity index (χ0n) is 12.6. The lowest BCUT2D eigenvalue weighted by atomic mass is 9.97. The highest BCUT2D eigenvalue weighted by atomic mass is 16.5. The summed E-state index contributed by atoms with van der Waals surface area (Å²) in [7, 11) is 1.91. The van der Waals surface area contributed by atoms with Gasteiger partial charge in [-0.25, -0.2) is 0 Å². The van der Waals surface area contributed by atoms with Gasteiger partial charge in [-0.3, -0.25) is 9.58 Å². The number of nitrogens with zero attached hydrogens (tertiary/aromatic N) is 3. The van der Waals surface area contributed by atoms with Crippen LogP contribution < -0.4 is 5.73 Å². The monoisotopic (exact) mass is 282 g/mol. The fourth-order valence-electron chi connectivity index (χ4n) is 2.95. The van der Waals surface area contributed by atoms with Crippen molar-refractivity contribution in [2.24, 2.45) is 12.8 Å². The van der Waals surface area contributed by atoms with Gasteiger partial charge < -0.3 is 15.6 Å². The molecule has 20 heavy (non-hydrogen) atoms. The molecule has 3 N–H and O–H groups in total. The first-order chi connectivity index (χ1) is 9.55. The van der Waals surface area contributed by atoms with Crippen LogP contribution in [0, 0.1) is 0 Å². The summed E-state index contributed by atoms with van der Waals surface area (Å²) < 4.78 is 7.52. The second-order valence-corrected chi connectivity index (χ2v) is 5.67. The van der Waals surface area contributed by atoms with Gasteiger partial charge in [0.2, 0.25) is 0 Å². The molecule has 1 saturated heterocycles. The van der Waals surface area contributed by atoms with E-state index in [1.807, 2.05) is 26.4 Å². The number of aromatic nitrogens is 2. The first-order valence-electron chi connectivity index (χ1n) is 7.29. The summed E-state index contributed by atoms with van der Waals surface area (Å²) in [5.74, 6) is 0. The van der Waals surface area contributed by atoms with Crippen molar-refractivity contribution in [3.63, 3.8) is 0 Å². The Morgan fingerprint density at radius 1 is 1.55 bits per heavy atom. The van der Waals surface area contributed by atoms with E-state index in [4.69, 9.17) is 10.5 Å². The molecule has 0 bridgehead atoms. The number of aliphatic hydroxyl groups is 1. The van der Waals surface area contributed by atoms with Gasteiger partial charge in [0.15, 0.2) is 0 Å². The molecule has 1 aliphatic rings. The number of hydrogen-bond acceptors (Lipinski definition) is 5. The van der Waals surface area contributed by atoms with E-state index in [1.165, 1.54) is 0 Å². The van der Waals surface area contributed by atoms with E-state index >= 15 is 0 Å². The SMILES string of the molecule is CCC(N)C(c1cnn(C)c1)N1CC(C)OC(CO)C1. The highest BCUT2D eigenvalue weighted by molar-refractivity contribution is 5.14. The van der Waals surface area contributed by atoms with Crippen molar-refractivity contribution in [2.45, 2.75) is 44.6 Å². The topological polar surface area (TPSA) is 76.5 Å². The van der Waals surface area contributed by atoms with Crippen LogP contribution in [0.4, 0.5) is 0 Å². The Morgan fingerprint density at radius 3 is 2.85 bits per heavy atom. The average Bonchev–Trinajstić information content (AvgIpc) is 2.84. The molecule has 2 heterocycles. The maximum Gasteiger partial charge on any atom is 0.0936 e. The van der Waals surface area contributed by atoms with Crippen molar-refractivity contribution >= 4 is 0 Å². The Hall–Kier alpha value is -0.950. The second-order valence-electron chi connectivity index (χ2n) is 5.67. The van der Waals surface area contributed by atoms with E-state index < -0.39 is 0 Å². The number of morpholine rings is 1. The fraction of sp³-hybridized carbons (Fsp3) is 0.786. The lowest BCUT2D eigenvalue weighted by molar-refractivity contribution is -0.108. The van der Waals surface area contributed by atoms with Gasteiger partial charge >= 0.3 is 0 Å². The van der Waals surface area contributed by atoms with Crippen LogP contribution in [-0.2, 0) is 11.8 Å². The maximum absolute atomic E-state index is 9.38. The Labute approximate surface area is 120 Å². The number of aliphatic hydroxyl groups excluding tert-OH is 1. The van der Waals surface area contributed by atoms with Gasteiger partial charge in [-0.1, -0.05) is 6.92 Å². The summed E-state index contributed by atoms with van der Waals surface area (Å²) in [5, 5.41) is 13.6. The molecule has 6 nitrogen and oxygen atoms in total. The molecular weight excluding hydrogens is 256 g/mol. The van der Waals surface area contributed by atoms with Crippen LogP contribution in [0.3, 0.4) is 0 Å². The van der Waals surface area contributed by atoms with Gasteiger partial charge in [-0.05, 0) is 13.3 Å². The summed E-state index contributed by atoms with van der Waals surface area (Å²) >= 11 is 0. The van der Waals surface area contributed by atoms with Crippen molar-refractivity contribution in [1.82, 2.24) is 14.7 Å². The van der Waals surface area contributed by atoms with Gasteiger partial charge in [0, 0.05) is 37.9 Å². The first-order valence-corrected chi connectivity index (χ1v) is 7.29. The highest BCUT2D eigenvalue weighted by Crippen LogP contribution is 2.28. The predicted octanol–water partition coefficient (Wildman–Crippen LogP) is 0.280. The molecule has 6 heteroatoms. The number of ether oxygens (including phenoxy) is 1. The molecule has 4 atom stereocenters. The van der Waals surface area contributed by atoms with Gasteiger partial charge in [-0.15, -0.1) is 0 Å². The molecule has 2 rings (SSSR count). The molecule has 1 aliphatic heterocycles. The molecule has 0 aromatic carbocycles. The van der Waals surface area contributed by atoms with Crippen LogP contribution in [0.15, 0.2) is 12.4 Å². The summed E-state index contributed by atoms with van der Waals surface area (Å²) in [5.41, 5.74) is 7.47. The van der Waals surface area contributed by atoms with Crippen molar-refractivity contribution < 1.29 is 9.84 Å². The molecule has 0 saturated carbocycles. The zero-order valence-corrected chi connectivity index (χ0v) is 12.6. The Bertz CT molecular complexity index is 423. The van der Waals surface area contributed by atoms with E-state index in [1.54, 1.807) is 4.68 Å². The minimum absolute atomic E-state index is 0.0436. The highest BCUT2D eigenvalue weighted by Gasteiger charge is 2.33. The standard InChI is InChI=1S/C14H26N4O2/c1-4-13(15)14(11-5-16-17(3)7-11)18-6-10(2)20-12(8-18)9-19/h5,7,10,12-14,19H,4,6,8-9,15H2,1-3H3. The Morgan fingerprint density at radius 2 is 2.30 bits per heavy atom. The Balaban J connectivity index is 2.22. The van der Waals surface area contributed by atoms with Crippen molar-refractivity contribution in [3.05, 3.63) is 18.0 Å². The van der Waals surface area contributed by atoms with E-state index in [-0.39, 0.29) is 30.9 Å². The number of nitrogens with two attached hydrogens (primary N) is 1. The van der Waals surface area contributed by atoms with Crippen LogP contribution in [-0.4, -0.2) is 57.7 Å². The second kappa shape index (κ2) is 6.67. The van der Waals surface area contributed by atoms with Crippen molar-refractivity contribution in [3.8, 4) is 0 Å². The molecule has 0 aliphatic carbocycles. The zero-order chi connectivity index (χ0) is 14.7. The molecule has 4 unspecified atom stereocenters. The van der Waals surface area contributed by atoms with Crippen LogP contribution in [0.5, 0.6) is 0 Å². The van der Waals surface area contributed by atoms with Gasteiger partial charge in [0.05, 0.1) is 31.1 Å². The molecular formula is C14H26N4O2. The minimum Gasteiger partial charge on any atom is -0.394 e. The average molecular weight is 282 g/mol.